The van der Waals surface area contributed by atoms with Crippen LogP contribution in [0.3, 0.4) is 0 Å². The fraction of sp³-hybridized carbons (Fsp3) is 0.272. The predicted molar refractivity (Wildman–Crippen MR) is 451 cm³/mol. The third kappa shape index (κ3) is 19.5. The molecule has 11 N–H and O–H groups in total. The van der Waals surface area contributed by atoms with Gasteiger partial charge < -0.3 is 90.0 Å². The average Bonchev–Trinajstić information content (AvgIpc) is 1.70. The van der Waals surface area contributed by atoms with Crippen LogP contribution in [0, 0.1) is 47.0 Å². The number of carboxylic acid groups (broad SMARTS) is 1. The van der Waals surface area contributed by atoms with Crippen LogP contribution in [0.2, 0.25) is 0 Å². The Morgan fingerprint density at radius 2 is 0.836 bits per heavy atom. The Balaban J connectivity index is 0.000000114. The van der Waals surface area contributed by atoms with E-state index >= 15 is 0 Å². The minimum Gasteiger partial charge on any atom is -0.508 e. The van der Waals surface area contributed by atoms with Crippen LogP contribution in [0.4, 0.5) is 47.1 Å². The maximum absolute atomic E-state index is 13.8. The lowest BCUT2D eigenvalue weighted by atomic mass is 10.0. The van der Waals surface area contributed by atoms with Gasteiger partial charge >= 0.3 is 24.0 Å². The number of halogens is 3. The second-order valence-electron chi connectivity index (χ2n) is 31.9. The van der Waals surface area contributed by atoms with Crippen molar-refractivity contribution in [2.24, 2.45) is 34.7 Å². The molecule has 33 nitrogen and oxygen atoms in total. The summed E-state index contributed by atoms with van der Waals surface area (Å²) in [6.07, 6.45) is 6.44. The molecule has 0 radical (unpaired) electrons. The number of pyridine rings is 5. The number of esters is 2. The van der Waals surface area contributed by atoms with Crippen molar-refractivity contribution in [1.82, 2.24) is 24.9 Å². The number of amides is 2. The number of nitrogens with zero attached hydrogens (tertiary/aromatic N) is 8. The van der Waals surface area contributed by atoms with E-state index in [1.807, 2.05) is 48.5 Å². The first-order valence-corrected chi connectivity index (χ1v) is 40.6. The van der Waals surface area contributed by atoms with Crippen LogP contribution in [-0.4, -0.2) is 120 Å². The van der Waals surface area contributed by atoms with Crippen molar-refractivity contribution < 1.29 is 109 Å². The van der Waals surface area contributed by atoms with Crippen molar-refractivity contribution in [3.8, 4) is 80.5 Å². The van der Waals surface area contributed by atoms with Crippen molar-refractivity contribution in [2.45, 2.75) is 113 Å². The number of Topliss-reactive ketones (excluding diaryl/α,β-unsaturated/α-hetero) is 1. The molecular formula is C92H82F3N13O20. The average molecular weight is 1750 g/mol. The molecular weight excluding hydrogens is 1660 g/mol. The van der Waals surface area contributed by atoms with Gasteiger partial charge in [0.25, 0.3) is 0 Å². The molecule has 0 saturated heterocycles. The van der Waals surface area contributed by atoms with E-state index in [0.717, 1.165) is 74.8 Å². The van der Waals surface area contributed by atoms with E-state index in [2.05, 4.69) is 40.3 Å². The van der Waals surface area contributed by atoms with Gasteiger partial charge in [0.15, 0.2) is 0 Å². The maximum atomic E-state index is 13.8. The number of azide groups is 1. The lowest BCUT2D eigenvalue weighted by Crippen LogP contribution is -2.27. The van der Waals surface area contributed by atoms with Gasteiger partial charge in [-0.25, -0.2) is 42.9 Å². The van der Waals surface area contributed by atoms with Gasteiger partial charge in [-0.3, -0.25) is 29.3 Å². The summed E-state index contributed by atoms with van der Waals surface area (Å²) in [5.41, 5.74) is 35.2. The highest BCUT2D eigenvalue weighted by Gasteiger charge is 2.66. The van der Waals surface area contributed by atoms with Gasteiger partial charge in [-0.1, -0.05) is 6.07 Å². The number of ketones is 1. The first kappa shape index (κ1) is 85.9. The Morgan fingerprint density at radius 1 is 0.461 bits per heavy atom. The lowest BCUT2D eigenvalue weighted by molar-refractivity contribution is -0.146. The van der Waals surface area contributed by atoms with E-state index in [4.69, 9.17) is 90.4 Å². The maximum Gasteiger partial charge on any atom is 0.413 e. The monoisotopic (exact) mass is 1750 g/mol. The van der Waals surface area contributed by atoms with Gasteiger partial charge in [-0.05, 0) is 178 Å². The van der Waals surface area contributed by atoms with E-state index < -0.39 is 52.9 Å². The van der Waals surface area contributed by atoms with Gasteiger partial charge in [0, 0.05) is 148 Å². The van der Waals surface area contributed by atoms with Crippen LogP contribution in [0.1, 0.15) is 104 Å². The number of aliphatic carboxylic acids is 1. The number of anilines is 5. The number of fused-ring (bicyclic) bond motifs is 15. The third-order valence-electron chi connectivity index (χ3n) is 21.9. The summed E-state index contributed by atoms with van der Waals surface area (Å²) < 4.78 is 106. The number of hydrogen-bond acceptors (Lipinski definition) is 28. The lowest BCUT2D eigenvalue weighted by Gasteiger charge is -2.19. The molecule has 0 bridgehead atoms. The fourth-order valence-electron chi connectivity index (χ4n) is 16.2. The topological polar surface area (TPSA) is 483 Å². The molecule has 5 saturated carbocycles. The second kappa shape index (κ2) is 35.9. The molecule has 0 spiro atoms. The number of nitrogens with one attached hydrogen (secondary N) is 1. The molecule has 0 unspecified atom stereocenters. The number of carboxylic acids is 1. The molecule has 10 heterocycles. The van der Waals surface area contributed by atoms with Crippen LogP contribution >= 0.6 is 0 Å². The number of nitrogen functional groups attached to an aromatic ring is 4. The van der Waals surface area contributed by atoms with E-state index in [1.54, 1.807) is 150 Å². The third-order valence-corrected chi connectivity index (χ3v) is 21.9. The van der Waals surface area contributed by atoms with Crippen molar-refractivity contribution in [3.63, 3.8) is 0 Å². The van der Waals surface area contributed by atoms with Gasteiger partial charge in [-0.2, -0.15) is 0 Å². The Kier molecular flexibility index (Phi) is 24.1. The number of rotatable bonds is 19. The number of aromatic hydroxyl groups is 1. The minimum absolute atomic E-state index is 0.0474. The largest absolute Gasteiger partial charge is 0.508 e. The molecule has 5 aliphatic carbocycles. The van der Waals surface area contributed by atoms with Crippen molar-refractivity contribution in [3.05, 3.63) is 262 Å². The van der Waals surface area contributed by atoms with Crippen LogP contribution in [-0.2, 0) is 44.6 Å². The molecule has 5 fully saturated rings. The highest BCUT2D eigenvalue weighted by Crippen LogP contribution is 2.64. The van der Waals surface area contributed by atoms with E-state index in [1.165, 1.54) is 18.3 Å². The molecule has 6 aromatic carbocycles. The Morgan fingerprint density at radius 3 is 1.24 bits per heavy atom. The van der Waals surface area contributed by atoms with Crippen molar-refractivity contribution in [2.75, 3.05) is 41.5 Å². The number of carbonyl (C=O) groups excluding carboxylic acids is 5. The number of hydrogen-bond donors (Lipinski definition) is 7. The molecule has 21 rings (SSSR count). The summed E-state index contributed by atoms with van der Waals surface area (Å²) in [5, 5.41) is 24.0. The fourth-order valence-corrected chi connectivity index (χ4v) is 16.2. The Bertz CT molecular complexity index is 6220. The van der Waals surface area contributed by atoms with Crippen LogP contribution in [0.15, 0.2) is 206 Å². The molecule has 15 atom stereocenters. The standard InChI is InChI=1S/C23H18F2N2O3.C17H16N2O4.C15H11N5O3.C15H12N2O4.C12H12O4.C10H13FN2O2/c24-13-2-1-12(19(25)8-13)7-14(28)9-18-22-17-10-15(3-4-20(17)30-23(18)22)29-16-5-6-27-21(26)11-16;1-2-21-17(20)15-14-11-7-9(3-4-12(11)23-16(14)15)22-10-5-6-19-13(18)8-10;16-11-6-8(3-4-18-11)22-7-1-2-10-9(5-7)12-13(14(12)23-10)15(21)19-20-17;16-11-6-8(3-4-17-11)20-7-1-2-10-9(5-7)12-13(15(18)19)14(12)21-10;1-2-15-12(14)10-9-7-5-6(13)3-4-8(7)16-11(9)10;1-10(2,3)15-9(14)13-8-6-7(11)4-5-12-8/h1-6,8,10-11,18,22-23H,7,9H2,(H2,26,27);3-8,14-16H,2H2,1H3,(H2,18,19);1-6,12-14H,(H2,16,18);1-6,12-14H,(H2,16,17)(H,18,19);3-5,9-11,13H,2H2,1H3;4-6H,1-3H3,(H,12,13,14)/t18-,22-,23+;14-,15-,16-;2*12-,13-,14-;9-,10-,11-;/m00000./s1. The zero-order valence-electron chi connectivity index (χ0n) is 68.8. The van der Waals surface area contributed by atoms with Gasteiger partial charge in [0.2, 0.25) is 5.91 Å². The summed E-state index contributed by atoms with van der Waals surface area (Å²) in [6.45, 7) is 9.59. The summed E-state index contributed by atoms with van der Waals surface area (Å²) in [6, 6.07) is 46.0. The molecule has 11 aromatic rings. The number of carbonyl (C=O) groups is 6. The molecule has 656 valence electrons. The number of aromatic nitrogens is 5. The Labute approximate surface area is 727 Å². The van der Waals surface area contributed by atoms with Gasteiger partial charge in [-0.15, -0.1) is 0 Å². The highest BCUT2D eigenvalue weighted by atomic mass is 19.1. The smallest absolute Gasteiger partial charge is 0.413 e. The number of benzene rings is 6. The highest BCUT2D eigenvalue weighted by molar-refractivity contribution is 5.87. The zero-order chi connectivity index (χ0) is 90.1. The predicted octanol–water partition coefficient (Wildman–Crippen LogP) is 15.7. The van der Waals surface area contributed by atoms with Crippen LogP contribution < -0.4 is 70.9 Å². The molecule has 5 aliphatic heterocycles. The Hall–Kier alpha value is -15.6. The minimum atomic E-state index is -0.816. The summed E-state index contributed by atoms with van der Waals surface area (Å²) in [7, 11) is 0. The SMILES string of the molecule is CC(C)(C)OC(=O)Nc1cc(F)ccn1.CCOC(=O)[C@@H]1[C@H]2Oc3ccc(O)cc3[C@H]21.CCOC(=O)[C@@H]1[C@H]2Oc3ccc(Oc4ccnc(N)c4)cc3[C@H]21.Nc1cc(Oc2ccc3c(c2)[C@@H]2[C@H](O3)[C@H]2C(=O)O)ccn1.Nc1cc(Oc2ccc3c(c2)[C@H]2[C@H](CC(=O)Cc4ccc(F)cc4F)[C@H]2O3)ccn1.[N-]=[N+]=NC(=O)[C@@H]1[C@H]2Oc3ccc(Oc4ccnc(N)c4)cc3[C@H]21. The number of phenolic OH excluding ortho intramolecular Hbond substituents is 1. The van der Waals surface area contributed by atoms with Gasteiger partial charge in [0.05, 0.1) is 19.1 Å². The molecule has 128 heavy (non-hydrogen) atoms. The number of ether oxygens (including phenoxy) is 12. The normalized spacial score (nSPS) is 22.2. The van der Waals surface area contributed by atoms with Crippen molar-refractivity contribution in [1.29, 1.82) is 0 Å². The summed E-state index contributed by atoms with van der Waals surface area (Å²) in [4.78, 5) is 91.8. The van der Waals surface area contributed by atoms with E-state index in [0.29, 0.717) is 82.5 Å². The quantitative estimate of drug-likeness (QED) is 0.0130. The molecule has 2 amide bonds. The van der Waals surface area contributed by atoms with E-state index in [-0.39, 0.29) is 126 Å². The van der Waals surface area contributed by atoms with Crippen LogP contribution in [0.25, 0.3) is 10.4 Å². The molecule has 5 aromatic heterocycles. The molecule has 10 aliphatic rings. The van der Waals surface area contributed by atoms with Gasteiger partial charge in [0.1, 0.15) is 187 Å². The first-order valence-electron chi connectivity index (χ1n) is 40.6. The van der Waals surface area contributed by atoms with E-state index in [9.17, 15) is 47.0 Å². The summed E-state index contributed by atoms with van der Waals surface area (Å²) in [5.74, 6) is 5.96. The number of nitrogens with two attached hydrogens (primary N) is 4. The van der Waals surface area contributed by atoms with Crippen LogP contribution in [0.5, 0.6) is 80.5 Å². The number of phenols is 1. The first-order chi connectivity index (χ1) is 61.5. The molecule has 36 heteroatoms. The summed E-state index contributed by atoms with van der Waals surface area (Å²) >= 11 is 0. The zero-order valence-corrected chi connectivity index (χ0v) is 68.8. The van der Waals surface area contributed by atoms with Crippen molar-refractivity contribution >= 4 is 64.8 Å². The second-order valence-corrected chi connectivity index (χ2v) is 31.9.